The molecule has 0 radical (unpaired) electrons. The molecule has 0 aliphatic heterocycles. The largest absolute Gasteiger partial charge is 0.492 e. The molecule has 19 heavy (non-hydrogen) atoms. The lowest BCUT2D eigenvalue weighted by molar-refractivity contribution is 0.204. The Balaban J connectivity index is 2.23. The summed E-state index contributed by atoms with van der Waals surface area (Å²) in [5.74, 6) is 0.947. The molecule has 2 aromatic carbocycles. The second-order valence-electron chi connectivity index (χ2n) is 5.45. The highest BCUT2D eigenvalue weighted by atomic mass is 79.9. The second-order valence-corrected chi connectivity index (χ2v) is 6.01. The minimum atomic E-state index is 0.129. The highest BCUT2D eigenvalue weighted by Crippen LogP contribution is 2.31. The van der Waals surface area contributed by atoms with Gasteiger partial charge >= 0.3 is 0 Å². The summed E-state index contributed by atoms with van der Waals surface area (Å²) in [7, 11) is 0. The predicted octanol–water partition coefficient (Wildman–Crippen LogP) is 5.15. The number of para-hydroxylation sites is 1. The number of rotatable bonds is 5. The van der Waals surface area contributed by atoms with Gasteiger partial charge in [0.2, 0.25) is 0 Å². The van der Waals surface area contributed by atoms with Crippen LogP contribution in [0, 0.1) is 5.41 Å². The summed E-state index contributed by atoms with van der Waals surface area (Å²) in [4.78, 5) is 0. The first-order valence-electron chi connectivity index (χ1n) is 6.46. The van der Waals surface area contributed by atoms with Gasteiger partial charge in [-0.1, -0.05) is 78.3 Å². The van der Waals surface area contributed by atoms with E-state index < -0.39 is 0 Å². The lowest BCUT2D eigenvalue weighted by atomic mass is 9.98. The van der Waals surface area contributed by atoms with Crippen molar-refractivity contribution in [3.8, 4) is 16.9 Å². The van der Waals surface area contributed by atoms with E-state index in [1.807, 2.05) is 24.3 Å². The minimum absolute atomic E-state index is 0.129. The van der Waals surface area contributed by atoms with Crippen molar-refractivity contribution >= 4 is 15.9 Å². The van der Waals surface area contributed by atoms with Gasteiger partial charge in [0.1, 0.15) is 5.75 Å². The molecule has 100 valence electrons. The summed E-state index contributed by atoms with van der Waals surface area (Å²) >= 11 is 3.53. The smallest absolute Gasteiger partial charge is 0.127 e. The molecule has 0 unspecified atom stereocenters. The number of ether oxygens (including phenoxy) is 1. The number of hydrogen-bond acceptors (Lipinski definition) is 1. The van der Waals surface area contributed by atoms with Gasteiger partial charge in [0.25, 0.3) is 0 Å². The van der Waals surface area contributed by atoms with E-state index in [1.54, 1.807) is 0 Å². The summed E-state index contributed by atoms with van der Waals surface area (Å²) < 4.78 is 6.02. The average molecular weight is 319 g/mol. The summed E-state index contributed by atoms with van der Waals surface area (Å²) in [6.45, 7) is 5.07. The van der Waals surface area contributed by atoms with Gasteiger partial charge in [-0.3, -0.25) is 0 Å². The van der Waals surface area contributed by atoms with Crippen molar-refractivity contribution in [2.45, 2.75) is 13.8 Å². The SMILES string of the molecule is CC(C)(CBr)COc1ccccc1-c1ccccc1. The van der Waals surface area contributed by atoms with E-state index in [2.05, 4.69) is 60.1 Å². The summed E-state index contributed by atoms with van der Waals surface area (Å²) in [5, 5.41) is 0.924. The van der Waals surface area contributed by atoms with E-state index in [0.717, 1.165) is 16.6 Å². The fourth-order valence-corrected chi connectivity index (χ4v) is 1.92. The molecular formula is C17H19BrO. The lowest BCUT2D eigenvalue weighted by Crippen LogP contribution is -2.22. The Hall–Kier alpha value is -1.28. The van der Waals surface area contributed by atoms with Crippen LogP contribution in [-0.4, -0.2) is 11.9 Å². The molecule has 2 aromatic rings. The summed E-state index contributed by atoms with van der Waals surface area (Å²) in [6, 6.07) is 18.5. The number of benzene rings is 2. The van der Waals surface area contributed by atoms with Gasteiger partial charge in [0.05, 0.1) is 6.61 Å². The number of hydrogen-bond donors (Lipinski definition) is 0. The predicted molar refractivity (Wildman–Crippen MR) is 84.9 cm³/mol. The van der Waals surface area contributed by atoms with Crippen LogP contribution in [-0.2, 0) is 0 Å². The average Bonchev–Trinajstić information content (AvgIpc) is 2.46. The van der Waals surface area contributed by atoms with E-state index in [4.69, 9.17) is 4.74 Å². The van der Waals surface area contributed by atoms with Crippen LogP contribution < -0.4 is 4.74 Å². The molecule has 2 rings (SSSR count). The fourth-order valence-electron chi connectivity index (χ4n) is 1.76. The maximum atomic E-state index is 6.02. The van der Waals surface area contributed by atoms with Crippen LogP contribution in [0.3, 0.4) is 0 Å². The molecule has 1 nitrogen and oxygen atoms in total. The van der Waals surface area contributed by atoms with Gasteiger partial charge in [0, 0.05) is 16.3 Å². The van der Waals surface area contributed by atoms with Crippen LogP contribution in [0.2, 0.25) is 0 Å². The van der Waals surface area contributed by atoms with E-state index in [9.17, 15) is 0 Å². The molecule has 0 aliphatic rings. The summed E-state index contributed by atoms with van der Waals surface area (Å²) in [6.07, 6.45) is 0. The topological polar surface area (TPSA) is 9.23 Å². The number of halogens is 1. The Morgan fingerprint density at radius 2 is 1.58 bits per heavy atom. The van der Waals surface area contributed by atoms with Gasteiger partial charge < -0.3 is 4.74 Å². The summed E-state index contributed by atoms with van der Waals surface area (Å²) in [5.41, 5.74) is 2.47. The van der Waals surface area contributed by atoms with Crippen molar-refractivity contribution < 1.29 is 4.74 Å². The molecule has 0 fully saturated rings. The van der Waals surface area contributed by atoms with Crippen molar-refractivity contribution in [3.05, 3.63) is 54.6 Å². The Kier molecular flexibility index (Phi) is 4.65. The molecule has 0 amide bonds. The van der Waals surface area contributed by atoms with E-state index in [-0.39, 0.29) is 5.41 Å². The second kappa shape index (κ2) is 6.25. The fraction of sp³-hybridized carbons (Fsp3) is 0.294. The first kappa shape index (κ1) is 14.1. The highest BCUT2D eigenvalue weighted by Gasteiger charge is 2.18. The van der Waals surface area contributed by atoms with Crippen LogP contribution in [0.1, 0.15) is 13.8 Å². The molecule has 0 aliphatic carbocycles. The van der Waals surface area contributed by atoms with Crippen LogP contribution >= 0.6 is 15.9 Å². The Bertz CT molecular complexity index is 520. The van der Waals surface area contributed by atoms with Gasteiger partial charge in [-0.25, -0.2) is 0 Å². The van der Waals surface area contributed by atoms with Crippen LogP contribution in [0.15, 0.2) is 54.6 Å². The quantitative estimate of drug-likeness (QED) is 0.692. The molecule has 0 bridgehead atoms. The third-order valence-corrected chi connectivity index (χ3v) is 4.47. The molecule has 0 atom stereocenters. The molecule has 0 saturated carbocycles. The van der Waals surface area contributed by atoms with Gasteiger partial charge in [-0.2, -0.15) is 0 Å². The lowest BCUT2D eigenvalue weighted by Gasteiger charge is -2.23. The monoisotopic (exact) mass is 318 g/mol. The van der Waals surface area contributed by atoms with Crippen molar-refractivity contribution in [1.82, 2.24) is 0 Å². The van der Waals surface area contributed by atoms with Crippen LogP contribution in [0.25, 0.3) is 11.1 Å². The maximum Gasteiger partial charge on any atom is 0.127 e. The molecule has 0 heterocycles. The van der Waals surface area contributed by atoms with Crippen LogP contribution in [0.5, 0.6) is 5.75 Å². The zero-order chi connectivity index (χ0) is 13.7. The molecule has 0 spiro atoms. The molecule has 0 N–H and O–H groups in total. The van der Waals surface area contributed by atoms with Gasteiger partial charge in [-0.05, 0) is 11.6 Å². The first-order valence-corrected chi connectivity index (χ1v) is 7.58. The molecule has 2 heteroatoms. The Morgan fingerprint density at radius 3 is 2.26 bits per heavy atom. The van der Waals surface area contributed by atoms with Crippen molar-refractivity contribution in [3.63, 3.8) is 0 Å². The standard InChI is InChI=1S/C17H19BrO/c1-17(2,12-18)13-19-16-11-7-6-10-15(16)14-8-4-3-5-9-14/h3-11H,12-13H2,1-2H3. The van der Waals surface area contributed by atoms with E-state index in [0.29, 0.717) is 6.61 Å². The van der Waals surface area contributed by atoms with Crippen LogP contribution in [0.4, 0.5) is 0 Å². The first-order chi connectivity index (χ1) is 9.12. The highest BCUT2D eigenvalue weighted by molar-refractivity contribution is 9.09. The normalized spacial score (nSPS) is 11.3. The third-order valence-electron chi connectivity index (χ3n) is 2.95. The Labute approximate surface area is 123 Å². The minimum Gasteiger partial charge on any atom is -0.492 e. The van der Waals surface area contributed by atoms with Crippen molar-refractivity contribution in [2.75, 3.05) is 11.9 Å². The Morgan fingerprint density at radius 1 is 0.947 bits per heavy atom. The van der Waals surface area contributed by atoms with Gasteiger partial charge in [0.15, 0.2) is 0 Å². The van der Waals surface area contributed by atoms with E-state index >= 15 is 0 Å². The molecular weight excluding hydrogens is 300 g/mol. The number of alkyl halides is 1. The third kappa shape index (κ3) is 3.84. The van der Waals surface area contributed by atoms with Crippen molar-refractivity contribution in [2.24, 2.45) is 5.41 Å². The molecule has 0 aromatic heterocycles. The zero-order valence-electron chi connectivity index (χ0n) is 11.4. The van der Waals surface area contributed by atoms with Crippen molar-refractivity contribution in [1.29, 1.82) is 0 Å². The molecule has 0 saturated heterocycles. The zero-order valence-corrected chi connectivity index (χ0v) is 13.0. The maximum absolute atomic E-state index is 6.02. The van der Waals surface area contributed by atoms with Gasteiger partial charge in [-0.15, -0.1) is 0 Å². The van der Waals surface area contributed by atoms with E-state index in [1.165, 1.54) is 5.56 Å².